The first-order chi connectivity index (χ1) is 12.8. The van der Waals surface area contributed by atoms with Crippen LogP contribution in [-0.2, 0) is 23.1 Å². The molecule has 0 saturated heterocycles. The average Bonchev–Trinajstić information content (AvgIpc) is 2.60. The number of carbonyl (C=O) groups excluding carboxylic acids is 1. The van der Waals surface area contributed by atoms with E-state index in [2.05, 4.69) is 14.9 Å². The minimum Gasteiger partial charge on any atom is -0.348 e. The van der Waals surface area contributed by atoms with Crippen LogP contribution in [0.5, 0.6) is 0 Å². The lowest BCUT2D eigenvalue weighted by Gasteiger charge is -2.11. The van der Waals surface area contributed by atoms with Gasteiger partial charge in [-0.2, -0.15) is 0 Å². The number of sulfonamides is 1. The normalized spacial score (nSPS) is 11.4. The number of nitrogens with one attached hydrogen (secondary N) is 2. The largest absolute Gasteiger partial charge is 0.348 e. The minimum absolute atomic E-state index is 0.0489. The van der Waals surface area contributed by atoms with Crippen molar-refractivity contribution in [1.29, 1.82) is 0 Å². The first kappa shape index (κ1) is 20.9. The van der Waals surface area contributed by atoms with Crippen molar-refractivity contribution in [2.45, 2.75) is 26.4 Å². The highest BCUT2D eigenvalue weighted by molar-refractivity contribution is 7.92. The van der Waals surface area contributed by atoms with Crippen molar-refractivity contribution in [3.05, 3.63) is 65.2 Å². The first-order valence-corrected chi connectivity index (χ1v) is 10.6. The van der Waals surface area contributed by atoms with Crippen molar-refractivity contribution in [3.8, 4) is 0 Å². The maximum Gasteiger partial charge on any atom is 0.251 e. The van der Waals surface area contributed by atoms with Crippen molar-refractivity contribution in [1.82, 2.24) is 10.2 Å². The average molecular weight is 390 g/mol. The Bertz CT molecular complexity index is 862. The molecule has 146 valence electrons. The van der Waals surface area contributed by atoms with Crippen LogP contribution in [-0.4, -0.2) is 39.1 Å². The summed E-state index contributed by atoms with van der Waals surface area (Å²) in [6, 6.07) is 14.6. The summed E-state index contributed by atoms with van der Waals surface area (Å²) in [5.41, 5.74) is 3.02. The summed E-state index contributed by atoms with van der Waals surface area (Å²) in [5.74, 6) is -0.198. The Morgan fingerprint density at radius 1 is 1.04 bits per heavy atom. The van der Waals surface area contributed by atoms with Gasteiger partial charge in [-0.25, -0.2) is 8.42 Å². The number of rotatable bonds is 9. The van der Waals surface area contributed by atoms with Crippen LogP contribution >= 0.6 is 0 Å². The van der Waals surface area contributed by atoms with Crippen molar-refractivity contribution in [3.63, 3.8) is 0 Å². The van der Waals surface area contributed by atoms with Gasteiger partial charge in [-0.3, -0.25) is 9.52 Å². The van der Waals surface area contributed by atoms with E-state index in [-0.39, 0.29) is 11.7 Å². The van der Waals surface area contributed by atoms with Gasteiger partial charge in [0, 0.05) is 24.3 Å². The molecular formula is C20H27N3O3S. The summed E-state index contributed by atoms with van der Waals surface area (Å²) in [4.78, 5) is 14.5. The van der Waals surface area contributed by atoms with Gasteiger partial charge in [0.05, 0.1) is 5.75 Å². The number of carbonyl (C=O) groups is 1. The predicted octanol–water partition coefficient (Wildman–Crippen LogP) is 2.83. The Morgan fingerprint density at radius 2 is 1.70 bits per heavy atom. The number of nitrogens with zero attached hydrogens (tertiary/aromatic N) is 1. The lowest BCUT2D eigenvalue weighted by atomic mass is 10.1. The molecule has 1 amide bonds. The molecule has 0 aromatic heterocycles. The highest BCUT2D eigenvalue weighted by Gasteiger charge is 2.11. The summed E-state index contributed by atoms with van der Waals surface area (Å²) in [6.45, 7) is 3.08. The fourth-order valence-electron chi connectivity index (χ4n) is 2.64. The lowest BCUT2D eigenvalue weighted by molar-refractivity contribution is 0.0951. The molecule has 0 atom stereocenters. The third-order valence-electron chi connectivity index (χ3n) is 3.85. The number of anilines is 1. The van der Waals surface area contributed by atoms with E-state index in [1.807, 2.05) is 38.4 Å². The molecule has 6 nitrogen and oxygen atoms in total. The van der Waals surface area contributed by atoms with Crippen LogP contribution in [0.2, 0.25) is 0 Å². The van der Waals surface area contributed by atoms with Crippen LogP contribution in [0.1, 0.15) is 34.8 Å². The Kier molecular flexibility index (Phi) is 7.38. The molecule has 7 heteroatoms. The molecule has 2 rings (SSSR count). The van der Waals surface area contributed by atoms with Gasteiger partial charge in [-0.1, -0.05) is 37.3 Å². The molecule has 0 aliphatic carbocycles. The van der Waals surface area contributed by atoms with Crippen molar-refractivity contribution in [2.75, 3.05) is 24.6 Å². The fourth-order valence-corrected chi connectivity index (χ4v) is 3.76. The van der Waals surface area contributed by atoms with Crippen molar-refractivity contribution < 1.29 is 13.2 Å². The lowest BCUT2D eigenvalue weighted by Crippen LogP contribution is -2.23. The summed E-state index contributed by atoms with van der Waals surface area (Å²) < 4.78 is 26.2. The highest BCUT2D eigenvalue weighted by atomic mass is 32.2. The Labute approximate surface area is 161 Å². The third-order valence-corrected chi connectivity index (χ3v) is 5.34. The Balaban J connectivity index is 1.97. The molecule has 0 aliphatic heterocycles. The molecule has 0 spiro atoms. The van der Waals surface area contributed by atoms with Crippen molar-refractivity contribution >= 4 is 21.6 Å². The molecule has 2 N–H and O–H groups in total. The molecule has 0 unspecified atom stereocenters. The molecule has 0 aliphatic rings. The zero-order chi connectivity index (χ0) is 19.9. The number of amides is 1. The van der Waals surface area contributed by atoms with E-state index in [1.165, 1.54) is 5.56 Å². The quantitative estimate of drug-likeness (QED) is 0.691. The van der Waals surface area contributed by atoms with Gasteiger partial charge in [-0.05, 0) is 49.8 Å². The number of hydrogen-bond acceptors (Lipinski definition) is 4. The van der Waals surface area contributed by atoms with E-state index in [9.17, 15) is 13.2 Å². The van der Waals surface area contributed by atoms with E-state index in [4.69, 9.17) is 0 Å². The zero-order valence-corrected chi connectivity index (χ0v) is 16.8. The van der Waals surface area contributed by atoms with Gasteiger partial charge < -0.3 is 10.2 Å². The molecule has 2 aromatic carbocycles. The summed E-state index contributed by atoms with van der Waals surface area (Å²) in [5, 5.41) is 2.86. The maximum atomic E-state index is 12.4. The van der Waals surface area contributed by atoms with Crippen LogP contribution in [0.15, 0.2) is 48.5 Å². The Morgan fingerprint density at radius 3 is 2.33 bits per heavy atom. The summed E-state index contributed by atoms with van der Waals surface area (Å²) in [6.07, 6.45) is 0.531. The highest BCUT2D eigenvalue weighted by Crippen LogP contribution is 2.13. The minimum atomic E-state index is -3.38. The SMILES string of the molecule is CCCS(=O)(=O)Nc1cccc(C(=O)NCc2ccc(CN(C)C)cc2)c1. The predicted molar refractivity (Wildman–Crippen MR) is 109 cm³/mol. The molecule has 0 saturated carbocycles. The van der Waals surface area contributed by atoms with E-state index < -0.39 is 10.0 Å². The van der Waals surface area contributed by atoms with Crippen LogP contribution in [0.4, 0.5) is 5.69 Å². The van der Waals surface area contributed by atoms with Gasteiger partial charge in [0.15, 0.2) is 0 Å². The Hall–Kier alpha value is -2.38. The zero-order valence-electron chi connectivity index (χ0n) is 16.0. The topological polar surface area (TPSA) is 78.5 Å². The van der Waals surface area contributed by atoms with E-state index >= 15 is 0 Å². The first-order valence-electron chi connectivity index (χ1n) is 8.90. The van der Waals surface area contributed by atoms with Crippen LogP contribution in [0.25, 0.3) is 0 Å². The third kappa shape index (κ3) is 7.03. The van der Waals surface area contributed by atoms with E-state index in [0.717, 1.165) is 12.1 Å². The number of hydrogen-bond donors (Lipinski definition) is 2. The van der Waals surface area contributed by atoms with Gasteiger partial charge in [-0.15, -0.1) is 0 Å². The van der Waals surface area contributed by atoms with Gasteiger partial charge in [0.1, 0.15) is 0 Å². The molecule has 2 aromatic rings. The molecule has 0 heterocycles. The monoisotopic (exact) mass is 389 g/mol. The summed E-state index contributed by atoms with van der Waals surface area (Å²) >= 11 is 0. The van der Waals surface area contributed by atoms with E-state index in [0.29, 0.717) is 24.2 Å². The van der Waals surface area contributed by atoms with Gasteiger partial charge in [0.2, 0.25) is 10.0 Å². The molecule has 0 bridgehead atoms. The van der Waals surface area contributed by atoms with Gasteiger partial charge >= 0.3 is 0 Å². The summed E-state index contributed by atoms with van der Waals surface area (Å²) in [7, 11) is 0.656. The van der Waals surface area contributed by atoms with Crippen LogP contribution in [0.3, 0.4) is 0 Å². The van der Waals surface area contributed by atoms with Gasteiger partial charge in [0.25, 0.3) is 5.91 Å². The fraction of sp³-hybridized carbons (Fsp3) is 0.350. The van der Waals surface area contributed by atoms with Crippen LogP contribution < -0.4 is 10.0 Å². The van der Waals surface area contributed by atoms with Crippen LogP contribution in [0, 0.1) is 0 Å². The molecule has 27 heavy (non-hydrogen) atoms. The molecule has 0 fully saturated rings. The second-order valence-electron chi connectivity index (χ2n) is 6.74. The smallest absolute Gasteiger partial charge is 0.251 e. The second kappa shape index (κ2) is 9.53. The second-order valence-corrected chi connectivity index (χ2v) is 8.58. The maximum absolute atomic E-state index is 12.4. The van der Waals surface area contributed by atoms with Crippen molar-refractivity contribution in [2.24, 2.45) is 0 Å². The standard InChI is InChI=1S/C20H27N3O3S/c1-4-12-27(25,26)22-19-7-5-6-18(13-19)20(24)21-14-16-8-10-17(11-9-16)15-23(2)3/h5-11,13,22H,4,12,14-15H2,1-3H3,(H,21,24). The molecular weight excluding hydrogens is 362 g/mol. The van der Waals surface area contributed by atoms with E-state index in [1.54, 1.807) is 31.2 Å². The number of benzene rings is 2. The molecule has 0 radical (unpaired) electrons.